The molecular weight excluding hydrogens is 621 g/mol. The highest BCUT2D eigenvalue weighted by atomic mass is 35.5. The Morgan fingerprint density at radius 3 is 2.08 bits per heavy atom. The Morgan fingerprint density at radius 1 is 0.816 bits per heavy atom. The van der Waals surface area contributed by atoms with E-state index in [9.17, 15) is 19.2 Å². The number of ether oxygens (including phenoxy) is 1. The first-order valence-corrected chi connectivity index (χ1v) is 13.1. The summed E-state index contributed by atoms with van der Waals surface area (Å²) < 4.78 is 5.50. The molecule has 194 valence electrons. The highest BCUT2D eigenvalue weighted by Gasteiger charge is 2.43. The smallest absolute Gasteiger partial charge is 0.316 e. The zero-order valence-electron chi connectivity index (χ0n) is 18.7. The van der Waals surface area contributed by atoms with Crippen LogP contribution in [0.5, 0.6) is 5.75 Å². The summed E-state index contributed by atoms with van der Waals surface area (Å²) in [5.74, 6) is -3.28. The topological polar surface area (TPSA) is 84.0 Å². The zero-order chi connectivity index (χ0) is 27.5. The minimum atomic E-state index is -0.789. The minimum Gasteiger partial charge on any atom is -0.426 e. The molecule has 2 aliphatic rings. The van der Waals surface area contributed by atoms with E-state index >= 15 is 0 Å². The van der Waals surface area contributed by atoms with Crippen LogP contribution in [0.1, 0.15) is 27.1 Å². The van der Waals surface area contributed by atoms with Crippen molar-refractivity contribution in [1.29, 1.82) is 0 Å². The van der Waals surface area contributed by atoms with Gasteiger partial charge in [0.15, 0.2) is 0 Å². The van der Waals surface area contributed by atoms with E-state index in [-0.39, 0.29) is 61.5 Å². The largest absolute Gasteiger partial charge is 0.426 e. The Kier molecular flexibility index (Phi) is 7.28. The number of esters is 1. The Bertz CT molecular complexity index is 1530. The van der Waals surface area contributed by atoms with Gasteiger partial charge in [-0.1, -0.05) is 75.7 Å². The summed E-state index contributed by atoms with van der Waals surface area (Å²) in [6.07, 6.45) is -0.0989. The van der Waals surface area contributed by atoms with Crippen LogP contribution in [0.25, 0.3) is 0 Å². The molecule has 0 radical (unpaired) electrons. The number of imide groups is 1. The van der Waals surface area contributed by atoms with Crippen LogP contribution in [0.15, 0.2) is 42.5 Å². The fourth-order valence-electron chi connectivity index (χ4n) is 4.26. The maximum absolute atomic E-state index is 13.1. The predicted octanol–water partition coefficient (Wildman–Crippen LogP) is 7.37. The molecule has 3 amide bonds. The molecular formula is C25H12Cl6N2O5. The lowest BCUT2D eigenvalue weighted by Crippen LogP contribution is -2.29. The molecule has 7 nitrogen and oxygen atoms in total. The number of nitrogens with zero attached hydrogens (tertiary/aromatic N) is 2. The van der Waals surface area contributed by atoms with Crippen LogP contribution in [-0.4, -0.2) is 30.2 Å². The van der Waals surface area contributed by atoms with E-state index in [1.165, 1.54) is 29.2 Å². The maximum Gasteiger partial charge on any atom is 0.316 e. The van der Waals surface area contributed by atoms with E-state index < -0.39 is 23.7 Å². The van der Waals surface area contributed by atoms with Gasteiger partial charge in [-0.05, 0) is 30.3 Å². The summed E-state index contributed by atoms with van der Waals surface area (Å²) in [6, 6.07) is 10.4. The number of amides is 3. The first-order chi connectivity index (χ1) is 18.0. The number of fused-ring (bicyclic) bond motifs is 1. The number of halogens is 6. The Labute approximate surface area is 245 Å². The molecule has 2 heterocycles. The van der Waals surface area contributed by atoms with Crippen LogP contribution >= 0.6 is 69.6 Å². The van der Waals surface area contributed by atoms with Crippen LogP contribution in [0.4, 0.5) is 11.4 Å². The normalized spacial score (nSPS) is 16.9. The van der Waals surface area contributed by atoms with Crippen molar-refractivity contribution in [2.75, 3.05) is 16.3 Å². The average Bonchev–Trinajstić information content (AvgIpc) is 3.39. The molecule has 0 N–H and O–H groups in total. The van der Waals surface area contributed by atoms with Crippen molar-refractivity contribution in [3.63, 3.8) is 0 Å². The first-order valence-electron chi connectivity index (χ1n) is 10.8. The number of anilines is 2. The monoisotopic (exact) mass is 630 g/mol. The highest BCUT2D eigenvalue weighted by molar-refractivity contribution is 6.56. The lowest BCUT2D eigenvalue weighted by Gasteiger charge is -2.18. The first kappa shape index (κ1) is 27.1. The zero-order valence-corrected chi connectivity index (χ0v) is 23.3. The van der Waals surface area contributed by atoms with Gasteiger partial charge < -0.3 is 9.64 Å². The van der Waals surface area contributed by atoms with Crippen molar-refractivity contribution in [1.82, 2.24) is 0 Å². The minimum absolute atomic E-state index is 0.0361. The fraction of sp³-hybridized carbons (Fsp3) is 0.120. The van der Waals surface area contributed by atoms with Gasteiger partial charge >= 0.3 is 5.97 Å². The summed E-state index contributed by atoms with van der Waals surface area (Å²) in [5.41, 5.74) is 0.130. The number of hydrogen-bond donors (Lipinski definition) is 0. The third-order valence-electron chi connectivity index (χ3n) is 6.05. The third kappa shape index (κ3) is 4.51. The van der Waals surface area contributed by atoms with Crippen molar-refractivity contribution in [2.45, 2.75) is 6.42 Å². The molecule has 0 aromatic heterocycles. The molecule has 1 atom stereocenters. The standard InChI is InChI=1S/C25H12Cl6N2O5/c26-11-4-5-14(27)15(7-11)32-9-10(6-16(32)34)25(37)38-13-3-1-2-12(8-13)33-23(35)17-18(24(33)36)20(29)22(31)21(30)19(17)28/h1-5,7-8,10H,6,9H2/t10-/m1/s1. The average molecular weight is 633 g/mol. The number of hydrogen-bond acceptors (Lipinski definition) is 5. The number of carbonyl (C=O) groups excluding carboxylic acids is 4. The van der Waals surface area contributed by atoms with Crippen LogP contribution < -0.4 is 14.5 Å². The van der Waals surface area contributed by atoms with E-state index in [1.807, 2.05) is 0 Å². The van der Waals surface area contributed by atoms with Crippen molar-refractivity contribution in [3.8, 4) is 5.75 Å². The Morgan fingerprint density at radius 2 is 1.45 bits per heavy atom. The van der Waals surface area contributed by atoms with Crippen LogP contribution in [-0.2, 0) is 9.59 Å². The molecule has 0 spiro atoms. The van der Waals surface area contributed by atoms with Gasteiger partial charge in [0.25, 0.3) is 11.8 Å². The molecule has 0 bridgehead atoms. The summed E-state index contributed by atoms with van der Waals surface area (Å²) >= 11 is 36.8. The molecule has 0 aliphatic carbocycles. The SMILES string of the molecule is O=C(Oc1cccc(N2C(=O)c3c(Cl)c(Cl)c(Cl)c(Cl)c3C2=O)c1)[C@@H]1CC(=O)N(c2cc(Cl)ccc2Cl)C1. The van der Waals surface area contributed by atoms with E-state index in [2.05, 4.69) is 0 Å². The fourth-order valence-corrected chi connectivity index (χ4v) is 5.66. The van der Waals surface area contributed by atoms with E-state index in [4.69, 9.17) is 74.3 Å². The summed E-state index contributed by atoms with van der Waals surface area (Å²) in [6.45, 7) is 0.0361. The van der Waals surface area contributed by atoms with Gasteiger partial charge in [0.2, 0.25) is 5.91 Å². The van der Waals surface area contributed by atoms with Gasteiger partial charge in [-0.3, -0.25) is 19.2 Å². The van der Waals surface area contributed by atoms with Crippen molar-refractivity contribution >= 4 is 105 Å². The molecule has 13 heteroatoms. The molecule has 3 aromatic carbocycles. The van der Waals surface area contributed by atoms with Gasteiger partial charge in [-0.15, -0.1) is 0 Å². The lowest BCUT2D eigenvalue weighted by atomic mass is 10.1. The molecule has 5 rings (SSSR count). The lowest BCUT2D eigenvalue weighted by molar-refractivity contribution is -0.139. The van der Waals surface area contributed by atoms with Gasteiger partial charge in [-0.2, -0.15) is 0 Å². The predicted molar refractivity (Wildman–Crippen MR) is 147 cm³/mol. The molecule has 0 saturated carbocycles. The molecule has 2 aliphatic heterocycles. The summed E-state index contributed by atoms with van der Waals surface area (Å²) in [4.78, 5) is 54.0. The van der Waals surface area contributed by atoms with Crippen molar-refractivity contribution in [2.24, 2.45) is 5.92 Å². The molecule has 3 aromatic rings. The summed E-state index contributed by atoms with van der Waals surface area (Å²) in [7, 11) is 0. The van der Waals surface area contributed by atoms with Crippen LogP contribution in [0.2, 0.25) is 30.1 Å². The number of rotatable bonds is 4. The Hall–Kier alpha value is -2.52. The molecule has 1 fully saturated rings. The van der Waals surface area contributed by atoms with Crippen molar-refractivity contribution in [3.05, 3.63) is 83.7 Å². The second kappa shape index (κ2) is 10.2. The van der Waals surface area contributed by atoms with Crippen molar-refractivity contribution < 1.29 is 23.9 Å². The second-order valence-corrected chi connectivity index (χ2v) is 10.7. The van der Waals surface area contributed by atoms with Gasteiger partial charge in [-0.25, -0.2) is 4.90 Å². The van der Waals surface area contributed by atoms with Crippen LogP contribution in [0, 0.1) is 5.92 Å². The maximum atomic E-state index is 13.1. The highest BCUT2D eigenvalue weighted by Crippen LogP contribution is 2.46. The molecule has 38 heavy (non-hydrogen) atoms. The second-order valence-electron chi connectivity index (χ2n) is 8.37. The van der Waals surface area contributed by atoms with E-state index in [1.54, 1.807) is 18.2 Å². The Balaban J connectivity index is 1.37. The third-order valence-corrected chi connectivity index (χ3v) is 8.41. The van der Waals surface area contributed by atoms with Gasteiger partial charge in [0.05, 0.1) is 53.5 Å². The van der Waals surface area contributed by atoms with Gasteiger partial charge in [0, 0.05) is 24.1 Å². The van der Waals surface area contributed by atoms with Gasteiger partial charge in [0.1, 0.15) is 5.75 Å². The van der Waals surface area contributed by atoms with Crippen LogP contribution in [0.3, 0.4) is 0 Å². The quantitative estimate of drug-likeness (QED) is 0.0986. The van der Waals surface area contributed by atoms with E-state index in [0.717, 1.165) is 4.90 Å². The number of benzene rings is 3. The number of carbonyl (C=O) groups is 4. The molecule has 1 saturated heterocycles. The molecule has 0 unspecified atom stereocenters. The summed E-state index contributed by atoms with van der Waals surface area (Å²) in [5, 5.41) is 0.00185. The van der Waals surface area contributed by atoms with E-state index in [0.29, 0.717) is 15.7 Å².